The molecule has 0 aliphatic carbocycles. The van der Waals surface area contributed by atoms with Crippen molar-refractivity contribution in [3.8, 4) is 44.2 Å². The monoisotopic (exact) mass is 440 g/mol. The van der Waals surface area contributed by atoms with E-state index in [1.54, 1.807) is 38.0 Å². The normalized spacial score (nSPS) is 10.9. The zero-order valence-corrected chi connectivity index (χ0v) is 18.4. The molecule has 0 radical (unpaired) electrons. The van der Waals surface area contributed by atoms with E-state index in [-0.39, 0.29) is 5.56 Å². The van der Waals surface area contributed by atoms with Crippen molar-refractivity contribution in [3.63, 3.8) is 0 Å². The lowest BCUT2D eigenvalue weighted by atomic mass is 9.93. The Kier molecular flexibility index (Phi) is 5.21. The van der Waals surface area contributed by atoms with Gasteiger partial charge in [-0.3, -0.25) is 9.78 Å². The van der Waals surface area contributed by atoms with Gasteiger partial charge >= 0.3 is 0 Å². The smallest absolute Gasteiger partial charge is 0.257 e. The van der Waals surface area contributed by atoms with Crippen LogP contribution in [0.3, 0.4) is 0 Å². The Morgan fingerprint density at radius 1 is 0.844 bits per heavy atom. The molecule has 3 aromatic heterocycles. The van der Waals surface area contributed by atoms with Gasteiger partial charge in [0.15, 0.2) is 11.5 Å². The maximum atomic E-state index is 13.4. The number of nitrogens with one attached hydrogen (secondary N) is 1. The minimum atomic E-state index is -0.171. The number of pyridine rings is 2. The van der Waals surface area contributed by atoms with Crippen molar-refractivity contribution in [2.24, 2.45) is 0 Å². The first-order valence-corrected chi connectivity index (χ1v) is 10.9. The van der Waals surface area contributed by atoms with Crippen molar-refractivity contribution < 1.29 is 9.47 Å². The predicted molar refractivity (Wildman–Crippen MR) is 130 cm³/mol. The van der Waals surface area contributed by atoms with E-state index in [1.807, 2.05) is 53.9 Å². The van der Waals surface area contributed by atoms with Crippen LogP contribution in [-0.2, 0) is 0 Å². The molecule has 3 heterocycles. The van der Waals surface area contributed by atoms with Crippen LogP contribution in [0.2, 0.25) is 0 Å². The predicted octanol–water partition coefficient (Wildman–Crippen LogP) is 6.00. The molecule has 2 aromatic carbocycles. The second kappa shape index (κ2) is 8.32. The van der Waals surface area contributed by atoms with Crippen molar-refractivity contribution in [3.05, 3.63) is 88.8 Å². The molecule has 0 aliphatic rings. The second-order valence-corrected chi connectivity index (χ2v) is 8.17. The first-order valence-electron chi connectivity index (χ1n) is 10.1. The Morgan fingerprint density at radius 2 is 1.66 bits per heavy atom. The van der Waals surface area contributed by atoms with Crippen LogP contribution in [0.5, 0.6) is 11.5 Å². The second-order valence-electron chi connectivity index (χ2n) is 7.22. The standard InChI is InChI=1S/C26H20N2O3S/c1-30-20-9-8-19-22(18-6-3-5-17(15-18)16-10-12-27-13-11-16)23(21-7-4-14-32-21)26(29)28-24(19)25(20)31-2/h3-15H,1-2H3,(H,28,29). The first kappa shape index (κ1) is 20.0. The van der Waals surface area contributed by atoms with Crippen molar-refractivity contribution in [2.75, 3.05) is 14.2 Å². The number of methoxy groups -OCH3 is 2. The van der Waals surface area contributed by atoms with Gasteiger partial charge in [-0.2, -0.15) is 0 Å². The fourth-order valence-corrected chi connectivity index (χ4v) is 4.81. The molecule has 32 heavy (non-hydrogen) atoms. The quantitative estimate of drug-likeness (QED) is 0.364. The largest absolute Gasteiger partial charge is 0.493 e. The third-order valence-corrected chi connectivity index (χ3v) is 6.35. The Hall–Kier alpha value is -3.90. The van der Waals surface area contributed by atoms with Crippen molar-refractivity contribution in [1.29, 1.82) is 0 Å². The number of H-pyrrole nitrogens is 1. The molecule has 158 valence electrons. The summed E-state index contributed by atoms with van der Waals surface area (Å²) in [4.78, 5) is 21.5. The number of nitrogens with zero attached hydrogens (tertiary/aromatic N) is 1. The molecule has 0 fully saturated rings. The third-order valence-electron chi connectivity index (χ3n) is 5.46. The summed E-state index contributed by atoms with van der Waals surface area (Å²) in [6.45, 7) is 0. The summed E-state index contributed by atoms with van der Waals surface area (Å²) in [5.41, 5.74) is 5.02. The molecule has 0 saturated heterocycles. The van der Waals surface area contributed by atoms with Gasteiger partial charge in [0.1, 0.15) is 0 Å². The van der Waals surface area contributed by atoms with Crippen molar-refractivity contribution >= 4 is 22.2 Å². The van der Waals surface area contributed by atoms with Gasteiger partial charge in [0.05, 0.1) is 25.3 Å². The number of fused-ring (bicyclic) bond motifs is 1. The highest BCUT2D eigenvalue weighted by Gasteiger charge is 2.21. The van der Waals surface area contributed by atoms with Crippen LogP contribution < -0.4 is 15.0 Å². The van der Waals surface area contributed by atoms with E-state index in [0.717, 1.165) is 32.5 Å². The average Bonchev–Trinajstić information content (AvgIpc) is 3.37. The fourth-order valence-electron chi connectivity index (χ4n) is 4.04. The summed E-state index contributed by atoms with van der Waals surface area (Å²) in [6, 6.07) is 19.9. The number of aromatic nitrogens is 2. The fraction of sp³-hybridized carbons (Fsp3) is 0.0769. The van der Waals surface area contributed by atoms with Crippen LogP contribution in [0.1, 0.15) is 0 Å². The Morgan fingerprint density at radius 3 is 2.38 bits per heavy atom. The summed E-state index contributed by atoms with van der Waals surface area (Å²) in [5, 5.41) is 2.86. The summed E-state index contributed by atoms with van der Waals surface area (Å²) in [5.74, 6) is 1.07. The van der Waals surface area contributed by atoms with E-state index in [4.69, 9.17) is 9.47 Å². The lowest BCUT2D eigenvalue weighted by Crippen LogP contribution is -2.11. The van der Waals surface area contributed by atoms with Crippen LogP contribution in [-0.4, -0.2) is 24.2 Å². The molecule has 5 nitrogen and oxygen atoms in total. The van der Waals surface area contributed by atoms with E-state index < -0.39 is 0 Å². The number of thiophene rings is 1. The Balaban J connectivity index is 1.87. The van der Waals surface area contributed by atoms with E-state index >= 15 is 0 Å². The highest BCUT2D eigenvalue weighted by Crippen LogP contribution is 2.42. The number of benzene rings is 2. The molecule has 0 aliphatic heterocycles. The zero-order chi connectivity index (χ0) is 22.1. The molecular formula is C26H20N2O3S. The average molecular weight is 441 g/mol. The molecule has 5 rings (SSSR count). The topological polar surface area (TPSA) is 64.2 Å². The number of hydrogen-bond acceptors (Lipinski definition) is 5. The minimum Gasteiger partial charge on any atom is -0.493 e. The van der Waals surface area contributed by atoms with Crippen molar-refractivity contribution in [1.82, 2.24) is 9.97 Å². The van der Waals surface area contributed by atoms with Crippen LogP contribution in [0, 0.1) is 0 Å². The molecule has 6 heteroatoms. The summed E-state index contributed by atoms with van der Waals surface area (Å²) < 4.78 is 11.1. The van der Waals surface area contributed by atoms with Crippen LogP contribution in [0.15, 0.2) is 83.2 Å². The van der Waals surface area contributed by atoms with Crippen LogP contribution >= 0.6 is 11.3 Å². The maximum absolute atomic E-state index is 13.4. The highest BCUT2D eigenvalue weighted by molar-refractivity contribution is 7.13. The number of hydrogen-bond donors (Lipinski definition) is 1. The summed E-state index contributed by atoms with van der Waals surface area (Å²) >= 11 is 1.54. The lowest BCUT2D eigenvalue weighted by molar-refractivity contribution is 0.358. The summed E-state index contributed by atoms with van der Waals surface area (Å²) in [6.07, 6.45) is 3.55. The van der Waals surface area contributed by atoms with Gasteiger partial charge in [-0.15, -0.1) is 11.3 Å². The molecule has 0 spiro atoms. The molecule has 5 aromatic rings. The van der Waals surface area contributed by atoms with Gasteiger partial charge in [-0.1, -0.05) is 24.3 Å². The number of ether oxygens (including phenoxy) is 2. The van der Waals surface area contributed by atoms with Gasteiger partial charge in [0, 0.05) is 28.2 Å². The zero-order valence-electron chi connectivity index (χ0n) is 17.6. The van der Waals surface area contributed by atoms with Gasteiger partial charge < -0.3 is 14.5 Å². The van der Waals surface area contributed by atoms with Crippen LogP contribution in [0.4, 0.5) is 0 Å². The molecule has 0 saturated carbocycles. The minimum absolute atomic E-state index is 0.171. The van der Waals surface area contributed by atoms with E-state index in [1.165, 1.54) is 0 Å². The number of rotatable bonds is 5. The first-order chi connectivity index (χ1) is 15.7. The van der Waals surface area contributed by atoms with Gasteiger partial charge in [-0.25, -0.2) is 0 Å². The molecule has 0 atom stereocenters. The molecule has 0 bridgehead atoms. The molecule has 1 N–H and O–H groups in total. The highest BCUT2D eigenvalue weighted by atomic mass is 32.1. The Labute approximate surface area is 188 Å². The molecule has 0 unspecified atom stereocenters. The van der Waals surface area contributed by atoms with E-state index in [9.17, 15) is 4.79 Å². The SMILES string of the molecule is COc1ccc2c(-c3cccc(-c4ccncc4)c3)c(-c3cccs3)c(=O)[nH]c2c1OC. The van der Waals surface area contributed by atoms with Crippen LogP contribution in [0.25, 0.3) is 43.6 Å². The maximum Gasteiger partial charge on any atom is 0.257 e. The van der Waals surface area contributed by atoms with Gasteiger partial charge in [-0.05, 0) is 58.5 Å². The Bertz CT molecular complexity index is 1460. The van der Waals surface area contributed by atoms with Gasteiger partial charge in [0.2, 0.25) is 0 Å². The van der Waals surface area contributed by atoms with E-state index in [0.29, 0.717) is 22.6 Å². The summed E-state index contributed by atoms with van der Waals surface area (Å²) in [7, 11) is 3.16. The molecular weight excluding hydrogens is 420 g/mol. The lowest BCUT2D eigenvalue weighted by Gasteiger charge is -2.16. The van der Waals surface area contributed by atoms with Gasteiger partial charge in [0.25, 0.3) is 5.56 Å². The van der Waals surface area contributed by atoms with Crippen molar-refractivity contribution in [2.45, 2.75) is 0 Å². The van der Waals surface area contributed by atoms with E-state index in [2.05, 4.69) is 22.1 Å². The number of aromatic amines is 1. The molecule has 0 amide bonds. The third kappa shape index (κ3) is 3.35.